The summed E-state index contributed by atoms with van der Waals surface area (Å²) in [7, 11) is -3.72. The van der Waals surface area contributed by atoms with Crippen molar-refractivity contribution >= 4 is 53.8 Å². The van der Waals surface area contributed by atoms with Gasteiger partial charge in [-0.25, -0.2) is 20.1 Å². The van der Waals surface area contributed by atoms with Crippen molar-refractivity contribution in [2.45, 2.75) is 151 Å². The zero-order valence-corrected chi connectivity index (χ0v) is 47.4. The number of rotatable bonds is 12. The fraction of sp³-hybridized carbons (Fsp3) is 0.468. The fourth-order valence-corrected chi connectivity index (χ4v) is 14.2. The van der Waals surface area contributed by atoms with Gasteiger partial charge in [0.25, 0.3) is 10.2 Å². The van der Waals surface area contributed by atoms with Crippen LogP contribution in [0, 0.1) is 17.8 Å². The number of aliphatic hydroxyl groups is 3. The molecule has 6 fully saturated rings. The van der Waals surface area contributed by atoms with E-state index in [1.165, 1.54) is 83.5 Å². The minimum atomic E-state index is -3.72. The molecule has 5 aliphatic carbocycles. The Morgan fingerprint density at radius 2 is 0.782 bits per heavy atom. The molecule has 2 aromatic carbocycles. The van der Waals surface area contributed by atoms with Crippen molar-refractivity contribution in [2.24, 2.45) is 22.9 Å². The number of piperidine rings is 1. The lowest BCUT2D eigenvalue weighted by Gasteiger charge is -2.34. The van der Waals surface area contributed by atoms with Crippen LogP contribution in [0.15, 0.2) is 135 Å². The topological polar surface area (TPSA) is 176 Å². The number of pyridine rings is 3. The van der Waals surface area contributed by atoms with Gasteiger partial charge in [0.2, 0.25) is 0 Å². The number of aliphatic hydroxyl groups excluding tert-OH is 3. The summed E-state index contributed by atoms with van der Waals surface area (Å²) < 4.78 is 30.6. The van der Waals surface area contributed by atoms with Crippen LogP contribution in [-0.2, 0) is 10.2 Å². The third-order valence-electron chi connectivity index (χ3n) is 18.1. The van der Waals surface area contributed by atoms with E-state index in [4.69, 9.17) is 5.14 Å². The van der Waals surface area contributed by atoms with Gasteiger partial charge < -0.3 is 28.5 Å². The molecule has 14 rings (SSSR count). The lowest BCUT2D eigenvalue weighted by molar-refractivity contribution is 0.0737. The van der Waals surface area contributed by atoms with Crippen LogP contribution in [-0.4, -0.2) is 69.3 Å². The smallest absolute Gasteiger partial charge is 0.276 e. The van der Waals surface area contributed by atoms with E-state index in [1.807, 2.05) is 35.6 Å². The Morgan fingerprint density at radius 3 is 1.12 bits per heavy atom. The second kappa shape index (κ2) is 24.4. The number of imidazole rings is 3. The molecule has 1 saturated heterocycles. The number of hydrogen-bond acceptors (Lipinski definition) is 8. The molecule has 414 valence electrons. The zero-order valence-electron chi connectivity index (χ0n) is 44.6. The molecule has 6 aliphatic rings. The van der Waals surface area contributed by atoms with Gasteiger partial charge in [-0.05, 0) is 190 Å². The maximum absolute atomic E-state index is 11.7. The first-order valence-electron chi connectivity index (χ1n) is 28.3. The number of nitrogens with zero attached hydrogens (tertiary/aromatic N) is 7. The summed E-state index contributed by atoms with van der Waals surface area (Å²) in [5.41, 5.74) is 13.1. The van der Waals surface area contributed by atoms with Crippen molar-refractivity contribution in [3.63, 3.8) is 0 Å². The summed E-state index contributed by atoms with van der Waals surface area (Å²) in [5, 5.41) is 39.0. The van der Waals surface area contributed by atoms with E-state index in [1.54, 1.807) is 12.5 Å². The van der Waals surface area contributed by atoms with E-state index in [9.17, 15) is 23.7 Å². The molecule has 0 amide bonds. The van der Waals surface area contributed by atoms with Crippen LogP contribution in [0.3, 0.4) is 0 Å². The van der Waals surface area contributed by atoms with Crippen LogP contribution < -0.4 is 5.14 Å². The molecule has 0 spiro atoms. The van der Waals surface area contributed by atoms with Crippen molar-refractivity contribution in [1.29, 1.82) is 0 Å². The van der Waals surface area contributed by atoms with Gasteiger partial charge in [0, 0.05) is 54.3 Å². The molecular weight excluding hydrogens is 1030 g/mol. The normalized spacial score (nSPS) is 23.9. The first kappa shape index (κ1) is 56.2. The first-order chi connectivity index (χ1) is 37.1. The lowest BCUT2D eigenvalue weighted by Crippen LogP contribution is -2.44. The van der Waals surface area contributed by atoms with Crippen LogP contribution in [0.25, 0.3) is 16.6 Å². The second-order valence-corrected chi connectivity index (χ2v) is 24.7. The molecule has 4 atom stereocenters. The highest BCUT2D eigenvalue weighted by Crippen LogP contribution is 2.50. The maximum atomic E-state index is 11.7. The Morgan fingerprint density at radius 1 is 0.449 bits per heavy atom. The quantitative estimate of drug-likeness (QED) is 0.0934. The third kappa shape index (κ3) is 12.2. The Balaban J connectivity index is 0.000000131. The molecule has 5 N–H and O–H groups in total. The fourth-order valence-electron chi connectivity index (χ4n) is 13.5. The zero-order chi connectivity index (χ0) is 51.9. The van der Waals surface area contributed by atoms with Gasteiger partial charge in [0.15, 0.2) is 0 Å². The van der Waals surface area contributed by atoms with E-state index >= 15 is 0 Å². The molecule has 7 heterocycles. The van der Waals surface area contributed by atoms with Crippen molar-refractivity contribution < 1.29 is 23.7 Å². The largest absolute Gasteiger partial charge is 0.388 e. The summed E-state index contributed by atoms with van der Waals surface area (Å²) in [6.45, 7) is 0.688. The van der Waals surface area contributed by atoms with E-state index in [0.29, 0.717) is 54.4 Å². The van der Waals surface area contributed by atoms with Crippen LogP contribution in [0.5, 0.6) is 0 Å². The van der Waals surface area contributed by atoms with Gasteiger partial charge in [-0.3, -0.25) is 0 Å². The highest BCUT2D eigenvalue weighted by molar-refractivity contribution is 7.86. The van der Waals surface area contributed by atoms with Crippen LogP contribution >= 0.6 is 27.0 Å². The molecule has 16 heteroatoms. The molecule has 78 heavy (non-hydrogen) atoms. The Bertz CT molecular complexity index is 3210. The van der Waals surface area contributed by atoms with Gasteiger partial charge in [0.05, 0.1) is 72.4 Å². The van der Waals surface area contributed by atoms with E-state index in [2.05, 4.69) is 115 Å². The van der Waals surface area contributed by atoms with Gasteiger partial charge in [-0.2, -0.15) is 39.7 Å². The number of nitrogens with two attached hydrogens (primary N) is 1. The van der Waals surface area contributed by atoms with Crippen molar-refractivity contribution in [1.82, 2.24) is 32.5 Å². The number of aromatic nitrogens is 6. The van der Waals surface area contributed by atoms with Gasteiger partial charge >= 0.3 is 0 Å². The predicted octanol–water partition coefficient (Wildman–Crippen LogP) is 11.8. The highest BCUT2D eigenvalue weighted by atomic mass is 32.2. The molecule has 6 aromatic heterocycles. The Hall–Kier alpha value is -5.04. The summed E-state index contributed by atoms with van der Waals surface area (Å²) in [4.78, 5) is 12.8. The minimum absolute atomic E-state index is 0. The van der Waals surface area contributed by atoms with Crippen molar-refractivity contribution in [3.05, 3.63) is 180 Å². The summed E-state index contributed by atoms with van der Waals surface area (Å²) in [5.74, 6) is 3.62. The molecule has 1 aliphatic heterocycles. The van der Waals surface area contributed by atoms with Crippen LogP contribution in [0.2, 0.25) is 0 Å². The molecule has 5 saturated carbocycles. The van der Waals surface area contributed by atoms with E-state index < -0.39 is 16.3 Å². The highest BCUT2D eigenvalue weighted by Gasteiger charge is 2.38. The minimum Gasteiger partial charge on any atom is -0.388 e. The molecule has 8 aromatic rings. The average Bonchev–Trinajstić information content (AvgIpc) is 4.47. The van der Waals surface area contributed by atoms with Crippen molar-refractivity contribution in [2.75, 3.05) is 13.1 Å². The predicted molar refractivity (Wildman–Crippen MR) is 317 cm³/mol. The van der Waals surface area contributed by atoms with Gasteiger partial charge in [-0.1, -0.05) is 60.7 Å². The molecule has 0 bridgehead atoms. The first-order valence-corrected chi connectivity index (χ1v) is 29.8. The number of hydrogen-bond donors (Lipinski definition) is 4. The lowest BCUT2D eigenvalue weighted by atomic mass is 9.75. The summed E-state index contributed by atoms with van der Waals surface area (Å²) in [6.07, 6.45) is 33.6. The number of benzene rings is 2. The van der Waals surface area contributed by atoms with Crippen LogP contribution in [0.4, 0.5) is 0 Å². The van der Waals surface area contributed by atoms with E-state index in [-0.39, 0.29) is 51.7 Å². The Labute approximate surface area is 473 Å². The van der Waals surface area contributed by atoms with Gasteiger partial charge in [0.1, 0.15) is 0 Å². The Kier molecular flexibility index (Phi) is 17.6. The molecule has 13 nitrogen and oxygen atoms in total. The second-order valence-electron chi connectivity index (χ2n) is 23.1. The standard InChI is InChI=1S/2C23H26N2O.C16H22N4O3S.2H2S/c2*26-23(19-10-6-17(7-11-19)16-4-2-1-3-5-16)22-20(18-8-9-18)12-13-25-15-24-14-21(22)25;17-24(22,23)20-6-1-2-12(9-20)16(21)15-13(11-3-4-11)5-7-19-10-18-8-14(15)19;;/h2*1-5,12-15,17-19,23,26H,6-11H2;5,7-8,10-12,16,21H,1-4,6,9H2,(H2,17,22,23);2*1H2/t2*17?,19?,23-;;;/m00.../s1. The molecular formula is C62H78N8O5S3. The summed E-state index contributed by atoms with van der Waals surface area (Å²) in [6, 6.07) is 28.2. The van der Waals surface area contributed by atoms with Gasteiger partial charge in [-0.15, -0.1) is 0 Å². The maximum Gasteiger partial charge on any atom is 0.276 e. The van der Waals surface area contributed by atoms with Crippen molar-refractivity contribution in [3.8, 4) is 0 Å². The third-order valence-corrected chi connectivity index (χ3v) is 19.2. The SMILES string of the molecule is NS(=O)(=O)N1CCCC(C(O)c2c(C3CC3)ccn3cncc23)C1.O[C@H](c1c(C2CC2)ccn2cncc12)C1CCC(c2ccccc2)CC1.O[C@H](c1c(C2CC2)ccn2cncc12)C1CCC(c2ccccc2)CC1.S.S. The number of fused-ring (bicyclic) bond motifs is 3. The average molecular weight is 1110 g/mol. The molecule has 0 radical (unpaired) electrons. The summed E-state index contributed by atoms with van der Waals surface area (Å²) >= 11 is 0. The van der Waals surface area contributed by atoms with E-state index in [0.717, 1.165) is 78.2 Å². The monoisotopic (exact) mass is 1110 g/mol. The van der Waals surface area contributed by atoms with Crippen LogP contribution in [0.1, 0.15) is 195 Å². The molecule has 2 unspecified atom stereocenters.